The summed E-state index contributed by atoms with van der Waals surface area (Å²) in [5.74, 6) is -0.958. The Labute approximate surface area is 265 Å². The molecule has 4 aromatic carbocycles. The van der Waals surface area contributed by atoms with Crippen molar-refractivity contribution in [2.24, 2.45) is 0 Å². The molecule has 5 aromatic rings. The number of carboxylic acids is 1. The Bertz CT molecular complexity index is 1930. The van der Waals surface area contributed by atoms with Crippen molar-refractivity contribution in [3.63, 3.8) is 0 Å². The number of carbonyl (C=O) groups is 3. The highest BCUT2D eigenvalue weighted by molar-refractivity contribution is 6.13. The fourth-order valence-corrected chi connectivity index (χ4v) is 5.24. The third-order valence-corrected chi connectivity index (χ3v) is 7.28. The lowest BCUT2D eigenvalue weighted by molar-refractivity contribution is -0.138. The van der Waals surface area contributed by atoms with Gasteiger partial charge < -0.3 is 30.2 Å². The first-order chi connectivity index (χ1) is 22.0. The van der Waals surface area contributed by atoms with Crippen LogP contribution in [0.2, 0.25) is 0 Å². The summed E-state index contributed by atoms with van der Waals surface area (Å²) in [6.07, 6.45) is -0.229. The molecule has 10 heteroatoms. The van der Waals surface area contributed by atoms with Gasteiger partial charge in [-0.15, -0.1) is 0 Å². The van der Waals surface area contributed by atoms with Gasteiger partial charge in [0, 0.05) is 59.0 Å². The summed E-state index contributed by atoms with van der Waals surface area (Å²) in [7, 11) is 1.54. The topological polar surface area (TPSA) is 130 Å². The molecule has 0 bridgehead atoms. The molecule has 1 heterocycles. The first kappa shape index (κ1) is 31.8. The molecule has 0 fully saturated rings. The molecular weight excluding hydrogens is 589 g/mol. The van der Waals surface area contributed by atoms with Crippen molar-refractivity contribution in [3.05, 3.63) is 102 Å². The summed E-state index contributed by atoms with van der Waals surface area (Å²) in [5.41, 5.74) is 3.06. The molecule has 0 radical (unpaired) electrons. The number of carbonyl (C=O) groups excluding carboxylic acids is 2. The number of nitrogens with one attached hydrogen (secondary N) is 3. The normalized spacial score (nSPS) is 11.2. The number of carboxylic acid groups (broad SMARTS) is 1. The molecule has 4 N–H and O–H groups in total. The van der Waals surface area contributed by atoms with Crippen molar-refractivity contribution >= 4 is 34.4 Å². The third-order valence-electron chi connectivity index (χ3n) is 7.28. The lowest BCUT2D eigenvalue weighted by Crippen LogP contribution is -2.44. The van der Waals surface area contributed by atoms with E-state index in [1.807, 2.05) is 25.1 Å². The van der Waals surface area contributed by atoms with Crippen LogP contribution < -0.4 is 20.7 Å². The first-order valence-corrected chi connectivity index (χ1v) is 14.7. The van der Waals surface area contributed by atoms with Crippen LogP contribution in [0.4, 0.5) is 10.1 Å². The zero-order chi connectivity index (χ0) is 33.0. The second-order valence-electron chi connectivity index (χ2n) is 11.4. The number of ether oxygens (including phenoxy) is 1. The molecule has 0 spiro atoms. The van der Waals surface area contributed by atoms with E-state index in [0.29, 0.717) is 57.0 Å². The number of halogens is 1. The van der Waals surface area contributed by atoms with Crippen LogP contribution in [0, 0.1) is 5.82 Å². The quantitative estimate of drug-likeness (QED) is 0.120. The lowest BCUT2D eigenvalue weighted by Gasteiger charge is -2.24. The van der Waals surface area contributed by atoms with Gasteiger partial charge in [-0.05, 0) is 80.9 Å². The van der Waals surface area contributed by atoms with E-state index in [1.165, 1.54) is 12.1 Å². The van der Waals surface area contributed by atoms with Gasteiger partial charge in [0.2, 0.25) is 0 Å². The summed E-state index contributed by atoms with van der Waals surface area (Å²) >= 11 is 0. The molecule has 0 aliphatic carbocycles. The van der Waals surface area contributed by atoms with E-state index in [4.69, 9.17) is 9.15 Å². The Balaban J connectivity index is 1.55. The second kappa shape index (κ2) is 13.2. The van der Waals surface area contributed by atoms with Crippen LogP contribution in [0.25, 0.3) is 33.4 Å². The van der Waals surface area contributed by atoms with Crippen LogP contribution in [0.3, 0.4) is 0 Å². The summed E-state index contributed by atoms with van der Waals surface area (Å²) in [5, 5.41) is 18.6. The van der Waals surface area contributed by atoms with Crippen molar-refractivity contribution in [2.75, 3.05) is 18.9 Å². The summed E-state index contributed by atoms with van der Waals surface area (Å²) in [6.45, 7) is 5.87. The van der Waals surface area contributed by atoms with Crippen molar-refractivity contribution in [2.45, 2.75) is 32.7 Å². The molecule has 5 rings (SSSR count). The van der Waals surface area contributed by atoms with E-state index in [1.54, 1.807) is 75.5 Å². The number of rotatable bonds is 11. The van der Waals surface area contributed by atoms with Crippen molar-refractivity contribution < 1.29 is 33.0 Å². The predicted molar refractivity (Wildman–Crippen MR) is 175 cm³/mol. The van der Waals surface area contributed by atoms with Gasteiger partial charge >= 0.3 is 5.97 Å². The van der Waals surface area contributed by atoms with Crippen molar-refractivity contribution in [1.29, 1.82) is 0 Å². The molecule has 46 heavy (non-hydrogen) atoms. The van der Waals surface area contributed by atoms with Crippen molar-refractivity contribution in [3.8, 4) is 33.9 Å². The van der Waals surface area contributed by atoms with Crippen LogP contribution in [0.5, 0.6) is 11.5 Å². The predicted octanol–water partition coefficient (Wildman–Crippen LogP) is 7.47. The molecule has 2 amide bonds. The molecule has 0 saturated heterocycles. The SMILES string of the molecule is CCNc1cc2oc(-c3ccc(Oc4cccc(F)c4)cc3)c(C(=O)NC)c2cc1-c1cccc(C(=O)NC(C)(C)CC(=O)O)c1. The largest absolute Gasteiger partial charge is 0.481 e. The van der Waals surface area contributed by atoms with Crippen LogP contribution in [0.15, 0.2) is 89.3 Å². The smallest absolute Gasteiger partial charge is 0.305 e. The van der Waals surface area contributed by atoms with E-state index in [-0.39, 0.29) is 12.3 Å². The summed E-state index contributed by atoms with van der Waals surface area (Å²) in [6, 6.07) is 23.5. The Morgan fingerprint density at radius 2 is 1.63 bits per heavy atom. The van der Waals surface area contributed by atoms with Gasteiger partial charge in [-0.1, -0.05) is 18.2 Å². The molecule has 0 aliphatic rings. The summed E-state index contributed by atoms with van der Waals surface area (Å²) < 4.78 is 25.7. The zero-order valence-corrected chi connectivity index (χ0v) is 25.9. The molecular formula is C36H34FN3O6. The number of amides is 2. The second-order valence-corrected chi connectivity index (χ2v) is 11.4. The molecule has 0 saturated carbocycles. The monoisotopic (exact) mass is 623 g/mol. The Hall–Kier alpha value is -5.64. The molecule has 1 aromatic heterocycles. The van der Waals surface area contributed by atoms with Gasteiger partial charge in [0.05, 0.1) is 12.0 Å². The van der Waals surface area contributed by atoms with Gasteiger partial charge in [0.1, 0.15) is 28.7 Å². The Kier molecular flexibility index (Phi) is 9.08. The van der Waals surface area contributed by atoms with E-state index in [9.17, 15) is 23.9 Å². The van der Waals surface area contributed by atoms with E-state index >= 15 is 0 Å². The highest BCUT2D eigenvalue weighted by Gasteiger charge is 2.26. The maximum absolute atomic E-state index is 13.6. The van der Waals surface area contributed by atoms with Gasteiger partial charge in [-0.2, -0.15) is 0 Å². The standard InChI is InChI=1S/C36H34FN3O6/c1-5-39-29-19-30-28(18-27(29)22-8-6-9-23(16-22)34(43)40-36(2,3)20-31(41)42)32(35(44)38-4)33(46-30)21-12-14-25(15-13-21)45-26-11-7-10-24(37)17-26/h6-19,39H,5,20H2,1-4H3,(H,38,44)(H,40,43)(H,41,42). The van der Waals surface area contributed by atoms with Gasteiger partial charge in [-0.3, -0.25) is 14.4 Å². The fourth-order valence-electron chi connectivity index (χ4n) is 5.24. The number of anilines is 1. The number of aliphatic carboxylic acids is 1. The third kappa shape index (κ3) is 7.02. The first-order valence-electron chi connectivity index (χ1n) is 14.7. The number of fused-ring (bicyclic) bond motifs is 1. The van der Waals surface area contributed by atoms with Gasteiger partial charge in [-0.25, -0.2) is 4.39 Å². The van der Waals surface area contributed by atoms with Crippen LogP contribution in [-0.2, 0) is 4.79 Å². The van der Waals surface area contributed by atoms with E-state index in [0.717, 1.165) is 11.3 Å². The van der Waals surface area contributed by atoms with Gasteiger partial charge in [0.25, 0.3) is 11.8 Å². The van der Waals surface area contributed by atoms with E-state index < -0.39 is 23.2 Å². The average molecular weight is 624 g/mol. The molecule has 0 aliphatic heterocycles. The zero-order valence-electron chi connectivity index (χ0n) is 25.9. The number of furan rings is 1. The number of hydrogen-bond donors (Lipinski definition) is 4. The summed E-state index contributed by atoms with van der Waals surface area (Å²) in [4.78, 5) is 37.7. The Morgan fingerprint density at radius 3 is 2.30 bits per heavy atom. The highest BCUT2D eigenvalue weighted by Crippen LogP contribution is 2.40. The van der Waals surface area contributed by atoms with Gasteiger partial charge in [0.15, 0.2) is 0 Å². The maximum Gasteiger partial charge on any atom is 0.305 e. The minimum Gasteiger partial charge on any atom is -0.481 e. The lowest BCUT2D eigenvalue weighted by atomic mass is 9.96. The van der Waals surface area contributed by atoms with Crippen LogP contribution in [-0.4, -0.2) is 42.0 Å². The fraction of sp³-hybridized carbons (Fsp3) is 0.194. The molecule has 9 nitrogen and oxygen atoms in total. The van der Waals surface area contributed by atoms with Crippen molar-refractivity contribution in [1.82, 2.24) is 10.6 Å². The molecule has 0 atom stereocenters. The minimum absolute atomic E-state index is 0.229. The minimum atomic E-state index is -1.01. The average Bonchev–Trinajstić information content (AvgIpc) is 3.38. The van der Waals surface area contributed by atoms with Crippen LogP contribution >= 0.6 is 0 Å². The van der Waals surface area contributed by atoms with E-state index in [2.05, 4.69) is 16.0 Å². The van der Waals surface area contributed by atoms with Crippen LogP contribution in [0.1, 0.15) is 47.9 Å². The number of benzene rings is 4. The molecule has 0 unspecified atom stereocenters. The molecule has 236 valence electrons. The number of hydrogen-bond acceptors (Lipinski definition) is 6. The highest BCUT2D eigenvalue weighted by atomic mass is 19.1. The maximum atomic E-state index is 13.6. The Morgan fingerprint density at radius 1 is 0.891 bits per heavy atom.